The highest BCUT2D eigenvalue weighted by Gasteiger charge is 2.42. The van der Waals surface area contributed by atoms with Crippen LogP contribution in [0, 0.1) is 0 Å². The van der Waals surface area contributed by atoms with Gasteiger partial charge >= 0.3 is 0 Å². The number of imidazole rings is 1. The van der Waals surface area contributed by atoms with Crippen LogP contribution in [-0.2, 0) is 5.54 Å². The van der Waals surface area contributed by atoms with E-state index in [0.717, 1.165) is 50.0 Å². The molecule has 0 saturated heterocycles. The van der Waals surface area contributed by atoms with E-state index in [1.807, 2.05) is 24.4 Å². The van der Waals surface area contributed by atoms with Crippen molar-refractivity contribution in [2.45, 2.75) is 75.4 Å². The normalized spacial score (nSPS) is 24.3. The van der Waals surface area contributed by atoms with Crippen molar-refractivity contribution in [3.8, 4) is 0 Å². The van der Waals surface area contributed by atoms with Gasteiger partial charge in [0, 0.05) is 24.8 Å². The summed E-state index contributed by atoms with van der Waals surface area (Å²) >= 11 is 0. The van der Waals surface area contributed by atoms with Gasteiger partial charge in [-0.25, -0.2) is 15.0 Å². The average molecular weight is 447 g/mol. The van der Waals surface area contributed by atoms with Gasteiger partial charge in [0.05, 0.1) is 11.7 Å². The van der Waals surface area contributed by atoms with Gasteiger partial charge < -0.3 is 16.0 Å². The molecule has 1 aliphatic heterocycles. The molecule has 172 valence electrons. The highest BCUT2D eigenvalue weighted by Crippen LogP contribution is 2.39. The molecule has 3 aromatic rings. The summed E-state index contributed by atoms with van der Waals surface area (Å²) in [6.45, 7) is 0.657. The number of pyridine rings is 1. The second-order valence-electron chi connectivity index (χ2n) is 9.69. The van der Waals surface area contributed by atoms with Crippen LogP contribution in [-0.4, -0.2) is 49.0 Å². The highest BCUT2D eigenvalue weighted by atomic mass is 16.2. The zero-order valence-electron chi connectivity index (χ0n) is 18.8. The number of nitrogens with one attached hydrogen (secondary N) is 3. The summed E-state index contributed by atoms with van der Waals surface area (Å²) in [5.41, 5.74) is 1.36. The molecule has 2 aliphatic carbocycles. The maximum absolute atomic E-state index is 12.6. The topological polar surface area (TPSA) is 110 Å². The Kier molecular flexibility index (Phi) is 5.11. The van der Waals surface area contributed by atoms with Crippen molar-refractivity contribution < 1.29 is 4.79 Å². The summed E-state index contributed by atoms with van der Waals surface area (Å²) in [4.78, 5) is 31.0. The lowest BCUT2D eigenvalue weighted by molar-refractivity contribution is 0.0824. The monoisotopic (exact) mass is 446 g/mol. The summed E-state index contributed by atoms with van der Waals surface area (Å²) in [5.74, 6) is 1.93. The molecule has 0 bridgehead atoms. The molecule has 1 spiro atoms. The maximum atomic E-state index is 12.6. The molecule has 9 heteroatoms. The highest BCUT2D eigenvalue weighted by molar-refractivity contribution is 5.95. The second kappa shape index (κ2) is 8.28. The molecule has 0 unspecified atom stereocenters. The van der Waals surface area contributed by atoms with Crippen molar-refractivity contribution in [2.75, 3.05) is 17.2 Å². The third-order valence-corrected chi connectivity index (χ3v) is 7.52. The fourth-order valence-electron chi connectivity index (χ4n) is 5.78. The lowest BCUT2D eigenvalue weighted by Crippen LogP contribution is -2.52. The number of carbonyl (C=O) groups is 1. The molecule has 3 aliphatic rings. The van der Waals surface area contributed by atoms with Crippen molar-refractivity contribution in [1.82, 2.24) is 29.8 Å². The number of carbonyl (C=O) groups excluding carboxylic acids is 1. The molecular formula is C24H30N8O. The van der Waals surface area contributed by atoms with Crippen LogP contribution in [0.25, 0.3) is 11.2 Å². The largest absolute Gasteiger partial charge is 0.367 e. The first-order valence-corrected chi connectivity index (χ1v) is 12.2. The van der Waals surface area contributed by atoms with Crippen molar-refractivity contribution in [3.63, 3.8) is 0 Å². The van der Waals surface area contributed by atoms with Gasteiger partial charge in [0.1, 0.15) is 11.3 Å². The Hall–Kier alpha value is -3.23. The zero-order chi connectivity index (χ0) is 22.3. The standard InChI is InChI=1S/C24H30N8O/c33-22-21-30-18-14-26-23(31-20(18)32(21)24(15-27-22)11-3-1-4-12-24)29-17-9-7-16(8-10-17)28-19-6-2-5-13-25-19/h2,5-6,13-14,16-17H,1,3-4,7-12,15H2,(H,25,28)(H,27,33)(H,26,29,31)/t16-,17-. The van der Waals surface area contributed by atoms with Crippen LogP contribution >= 0.6 is 0 Å². The number of nitrogens with zero attached hydrogens (tertiary/aromatic N) is 5. The van der Waals surface area contributed by atoms with E-state index in [-0.39, 0.29) is 11.4 Å². The number of rotatable bonds is 4. The summed E-state index contributed by atoms with van der Waals surface area (Å²) in [6.07, 6.45) is 13.5. The van der Waals surface area contributed by atoms with E-state index < -0.39 is 0 Å². The molecule has 0 aromatic carbocycles. The Morgan fingerprint density at radius 2 is 1.76 bits per heavy atom. The Morgan fingerprint density at radius 1 is 0.970 bits per heavy atom. The summed E-state index contributed by atoms with van der Waals surface area (Å²) in [5, 5.41) is 10.2. The molecule has 6 rings (SSSR count). The molecule has 3 N–H and O–H groups in total. The van der Waals surface area contributed by atoms with Crippen LogP contribution in [0.1, 0.15) is 68.4 Å². The smallest absolute Gasteiger partial charge is 0.287 e. The SMILES string of the molecule is O=C1NCC2(CCCCC2)n2c1nc1cnc(N[C@H]3CC[C@H](Nc4ccccn4)CC3)nc12. The molecule has 33 heavy (non-hydrogen) atoms. The van der Waals surface area contributed by atoms with Crippen molar-refractivity contribution in [3.05, 3.63) is 36.4 Å². The lowest BCUT2D eigenvalue weighted by atomic mass is 9.80. The van der Waals surface area contributed by atoms with Gasteiger partial charge in [0.15, 0.2) is 5.65 Å². The number of hydrogen-bond acceptors (Lipinski definition) is 7. The van der Waals surface area contributed by atoms with Gasteiger partial charge in [0.25, 0.3) is 5.91 Å². The van der Waals surface area contributed by atoms with Crippen molar-refractivity contribution in [2.24, 2.45) is 0 Å². The van der Waals surface area contributed by atoms with Gasteiger partial charge in [0.2, 0.25) is 11.8 Å². The minimum Gasteiger partial charge on any atom is -0.367 e. The Balaban J connectivity index is 1.20. The van der Waals surface area contributed by atoms with E-state index in [1.54, 1.807) is 6.20 Å². The number of amides is 1. The van der Waals surface area contributed by atoms with Crippen molar-refractivity contribution >= 4 is 28.8 Å². The van der Waals surface area contributed by atoms with Crippen LogP contribution in [0.5, 0.6) is 0 Å². The molecule has 2 saturated carbocycles. The number of aromatic nitrogens is 5. The van der Waals surface area contributed by atoms with Crippen LogP contribution < -0.4 is 16.0 Å². The van der Waals surface area contributed by atoms with Crippen LogP contribution in [0.3, 0.4) is 0 Å². The Bertz CT molecular complexity index is 1150. The summed E-state index contributed by atoms with van der Waals surface area (Å²) < 4.78 is 2.13. The summed E-state index contributed by atoms with van der Waals surface area (Å²) in [6, 6.07) is 6.72. The van der Waals surface area contributed by atoms with E-state index in [1.165, 1.54) is 19.3 Å². The minimum atomic E-state index is -0.114. The second-order valence-corrected chi connectivity index (χ2v) is 9.69. The number of fused-ring (bicyclic) bond motifs is 4. The predicted molar refractivity (Wildman–Crippen MR) is 126 cm³/mol. The van der Waals surface area contributed by atoms with Gasteiger partial charge in [-0.1, -0.05) is 25.3 Å². The number of anilines is 2. The first kappa shape index (κ1) is 20.4. The van der Waals surface area contributed by atoms with Gasteiger partial charge in [-0.2, -0.15) is 4.98 Å². The lowest BCUT2D eigenvalue weighted by Gasteiger charge is -2.42. The molecule has 4 heterocycles. The van der Waals surface area contributed by atoms with E-state index in [0.29, 0.717) is 35.9 Å². The van der Waals surface area contributed by atoms with E-state index in [2.05, 4.69) is 35.5 Å². The van der Waals surface area contributed by atoms with Gasteiger partial charge in [-0.05, 0) is 50.7 Å². The van der Waals surface area contributed by atoms with Gasteiger partial charge in [-0.15, -0.1) is 0 Å². The first-order chi connectivity index (χ1) is 16.2. The van der Waals surface area contributed by atoms with Crippen molar-refractivity contribution in [1.29, 1.82) is 0 Å². The fourth-order valence-corrected chi connectivity index (χ4v) is 5.78. The van der Waals surface area contributed by atoms with Crippen LogP contribution in [0.2, 0.25) is 0 Å². The van der Waals surface area contributed by atoms with Crippen LogP contribution in [0.4, 0.5) is 11.8 Å². The Morgan fingerprint density at radius 3 is 2.52 bits per heavy atom. The maximum Gasteiger partial charge on any atom is 0.287 e. The molecule has 9 nitrogen and oxygen atoms in total. The Labute approximate surface area is 192 Å². The quantitative estimate of drug-likeness (QED) is 0.563. The zero-order valence-corrected chi connectivity index (χ0v) is 18.8. The molecule has 0 atom stereocenters. The fraction of sp³-hybridized carbons (Fsp3) is 0.542. The minimum absolute atomic E-state index is 0.113. The third kappa shape index (κ3) is 3.79. The van der Waals surface area contributed by atoms with E-state index >= 15 is 0 Å². The van der Waals surface area contributed by atoms with E-state index in [9.17, 15) is 4.79 Å². The first-order valence-electron chi connectivity index (χ1n) is 12.2. The van der Waals surface area contributed by atoms with E-state index in [4.69, 9.17) is 4.98 Å². The molecule has 1 amide bonds. The average Bonchev–Trinajstić information content (AvgIpc) is 3.25. The summed E-state index contributed by atoms with van der Waals surface area (Å²) in [7, 11) is 0. The third-order valence-electron chi connectivity index (χ3n) is 7.52. The van der Waals surface area contributed by atoms with Crippen LogP contribution in [0.15, 0.2) is 30.6 Å². The number of hydrogen-bond donors (Lipinski definition) is 3. The molecule has 2 fully saturated rings. The predicted octanol–water partition coefficient (Wildman–Crippen LogP) is 3.46. The molecular weight excluding hydrogens is 416 g/mol. The van der Waals surface area contributed by atoms with Gasteiger partial charge in [-0.3, -0.25) is 9.36 Å². The molecule has 3 aromatic heterocycles. The molecule has 0 radical (unpaired) electrons.